The van der Waals surface area contributed by atoms with Gasteiger partial charge in [0.2, 0.25) is 0 Å². The van der Waals surface area contributed by atoms with Gasteiger partial charge in [-0.1, -0.05) is 30.3 Å². The summed E-state index contributed by atoms with van der Waals surface area (Å²) < 4.78 is 1.89. The van der Waals surface area contributed by atoms with Crippen molar-refractivity contribution in [2.75, 3.05) is 0 Å². The van der Waals surface area contributed by atoms with Gasteiger partial charge in [0, 0.05) is 30.1 Å². The van der Waals surface area contributed by atoms with Gasteiger partial charge < -0.3 is 0 Å². The zero-order chi connectivity index (χ0) is 17.1. The first-order valence-corrected chi connectivity index (χ1v) is 7.92. The van der Waals surface area contributed by atoms with E-state index in [1.807, 2.05) is 22.9 Å². The largest absolute Gasteiger partial charge is 0.278 e. The second kappa shape index (κ2) is 6.80. The third kappa shape index (κ3) is 3.44. The molecule has 0 N–H and O–H groups in total. The van der Waals surface area contributed by atoms with Crippen LogP contribution in [0.3, 0.4) is 0 Å². The van der Waals surface area contributed by atoms with Crippen molar-refractivity contribution in [1.29, 1.82) is 0 Å². The highest BCUT2D eigenvalue weighted by Crippen LogP contribution is 2.21. The maximum absolute atomic E-state index is 10.9. The van der Waals surface area contributed by atoms with E-state index in [4.69, 9.17) is 0 Å². The molecule has 6 heteroatoms. The Morgan fingerprint density at radius 2 is 1.96 bits per heavy atom. The monoisotopic (exact) mass is 324 g/mol. The van der Waals surface area contributed by atoms with Crippen molar-refractivity contribution in [3.05, 3.63) is 70.4 Å². The average Bonchev–Trinajstić information content (AvgIpc) is 2.97. The number of aromatic nitrogens is 2. The van der Waals surface area contributed by atoms with Gasteiger partial charge in [0.15, 0.2) is 0 Å². The summed E-state index contributed by atoms with van der Waals surface area (Å²) in [5.74, 6) is 0. The minimum Gasteiger partial charge on any atom is -0.278 e. The van der Waals surface area contributed by atoms with Crippen molar-refractivity contribution < 1.29 is 4.92 Å². The van der Waals surface area contributed by atoms with Crippen LogP contribution in [0.15, 0.2) is 54.7 Å². The van der Waals surface area contributed by atoms with Crippen LogP contribution >= 0.6 is 0 Å². The van der Waals surface area contributed by atoms with Gasteiger partial charge in [-0.05, 0) is 25.5 Å². The summed E-state index contributed by atoms with van der Waals surface area (Å²) in [6, 6.07) is 15.5. The second-order valence-corrected chi connectivity index (χ2v) is 6.11. The topological polar surface area (TPSA) is 64.2 Å². The fourth-order valence-electron chi connectivity index (χ4n) is 2.69. The van der Waals surface area contributed by atoms with Gasteiger partial charge in [0.25, 0.3) is 5.69 Å². The zero-order valence-electron chi connectivity index (χ0n) is 13.8. The first-order valence-electron chi connectivity index (χ1n) is 7.92. The van der Waals surface area contributed by atoms with Crippen LogP contribution in [0.4, 0.5) is 5.69 Å². The molecule has 2 aromatic carbocycles. The lowest BCUT2D eigenvalue weighted by Gasteiger charge is -2.26. The SMILES string of the molecule is CC(C)N(Cc1ccccc1)Cn1ncc2cc([N+](=O)[O-])ccc21. The van der Waals surface area contributed by atoms with Gasteiger partial charge in [-0.3, -0.25) is 19.7 Å². The molecule has 0 atom stereocenters. The van der Waals surface area contributed by atoms with Gasteiger partial charge in [0.05, 0.1) is 23.3 Å². The lowest BCUT2D eigenvalue weighted by atomic mass is 10.2. The van der Waals surface area contributed by atoms with Gasteiger partial charge in [-0.2, -0.15) is 5.10 Å². The molecular formula is C18H20N4O2. The van der Waals surface area contributed by atoms with Crippen molar-refractivity contribution in [1.82, 2.24) is 14.7 Å². The molecule has 3 rings (SSSR count). The number of nitro benzene ring substituents is 1. The predicted molar refractivity (Wildman–Crippen MR) is 93.5 cm³/mol. The van der Waals surface area contributed by atoms with E-state index in [-0.39, 0.29) is 10.6 Å². The highest BCUT2D eigenvalue weighted by molar-refractivity contribution is 5.81. The van der Waals surface area contributed by atoms with E-state index in [0.29, 0.717) is 12.7 Å². The van der Waals surface area contributed by atoms with Crippen LogP contribution in [0.25, 0.3) is 10.9 Å². The fraction of sp³-hybridized carbons (Fsp3) is 0.278. The first kappa shape index (κ1) is 16.1. The summed E-state index contributed by atoms with van der Waals surface area (Å²) >= 11 is 0. The van der Waals surface area contributed by atoms with Gasteiger partial charge >= 0.3 is 0 Å². The molecule has 124 valence electrons. The highest BCUT2D eigenvalue weighted by atomic mass is 16.6. The number of hydrogen-bond acceptors (Lipinski definition) is 4. The van der Waals surface area contributed by atoms with E-state index < -0.39 is 0 Å². The molecule has 0 radical (unpaired) electrons. The van der Waals surface area contributed by atoms with Crippen molar-refractivity contribution >= 4 is 16.6 Å². The molecule has 0 saturated carbocycles. The van der Waals surface area contributed by atoms with Crippen molar-refractivity contribution in [3.63, 3.8) is 0 Å². The maximum Gasteiger partial charge on any atom is 0.270 e. The summed E-state index contributed by atoms with van der Waals surface area (Å²) in [4.78, 5) is 12.8. The van der Waals surface area contributed by atoms with Crippen LogP contribution in [0.1, 0.15) is 19.4 Å². The summed E-state index contributed by atoms with van der Waals surface area (Å²) in [5.41, 5.74) is 2.24. The predicted octanol–water partition coefficient (Wildman–Crippen LogP) is 3.81. The number of nitrogens with zero attached hydrogens (tertiary/aromatic N) is 4. The molecule has 1 aromatic heterocycles. The summed E-state index contributed by atoms with van der Waals surface area (Å²) in [6.45, 7) is 5.76. The molecule has 0 amide bonds. The van der Waals surface area contributed by atoms with E-state index in [0.717, 1.165) is 17.4 Å². The standard InChI is InChI=1S/C18H20N4O2/c1-14(2)20(12-15-6-4-3-5-7-15)13-21-18-9-8-17(22(23)24)10-16(18)11-19-21/h3-11,14H,12-13H2,1-2H3. The van der Waals surface area contributed by atoms with E-state index in [1.165, 1.54) is 11.6 Å². The molecule has 0 spiro atoms. The highest BCUT2D eigenvalue weighted by Gasteiger charge is 2.14. The Morgan fingerprint density at radius 1 is 1.21 bits per heavy atom. The Balaban J connectivity index is 1.85. The molecule has 0 fully saturated rings. The molecule has 0 aliphatic rings. The summed E-state index contributed by atoms with van der Waals surface area (Å²) in [7, 11) is 0. The number of rotatable bonds is 6. The lowest BCUT2D eigenvalue weighted by Crippen LogP contribution is -2.32. The van der Waals surface area contributed by atoms with Crippen molar-refractivity contribution in [2.24, 2.45) is 0 Å². The average molecular weight is 324 g/mol. The molecule has 0 unspecified atom stereocenters. The molecule has 0 aliphatic carbocycles. The molecular weight excluding hydrogens is 304 g/mol. The zero-order valence-corrected chi connectivity index (χ0v) is 13.8. The quantitative estimate of drug-likeness (QED) is 0.511. The molecule has 0 aliphatic heterocycles. The maximum atomic E-state index is 10.9. The van der Waals surface area contributed by atoms with Gasteiger partial charge in [-0.25, -0.2) is 0 Å². The van der Waals surface area contributed by atoms with Crippen LogP contribution < -0.4 is 0 Å². The van der Waals surface area contributed by atoms with Crippen LogP contribution in [-0.2, 0) is 13.2 Å². The Morgan fingerprint density at radius 3 is 2.62 bits per heavy atom. The van der Waals surface area contributed by atoms with Gasteiger partial charge in [0.1, 0.15) is 0 Å². The second-order valence-electron chi connectivity index (χ2n) is 6.11. The molecule has 3 aromatic rings. The Bertz CT molecular complexity index is 843. The number of fused-ring (bicyclic) bond motifs is 1. The van der Waals surface area contributed by atoms with Crippen molar-refractivity contribution in [2.45, 2.75) is 33.1 Å². The van der Waals surface area contributed by atoms with Crippen LogP contribution in [-0.4, -0.2) is 25.6 Å². The third-order valence-corrected chi connectivity index (χ3v) is 4.11. The summed E-state index contributed by atoms with van der Waals surface area (Å²) in [5, 5.41) is 16.1. The van der Waals surface area contributed by atoms with Crippen LogP contribution in [0, 0.1) is 10.1 Å². The lowest BCUT2D eigenvalue weighted by molar-refractivity contribution is -0.384. The minimum absolute atomic E-state index is 0.0899. The van der Waals surface area contributed by atoms with E-state index in [2.05, 4.69) is 36.0 Å². The Kier molecular flexibility index (Phi) is 4.57. The molecule has 6 nitrogen and oxygen atoms in total. The number of hydrogen-bond donors (Lipinski definition) is 0. The third-order valence-electron chi connectivity index (χ3n) is 4.11. The molecule has 0 saturated heterocycles. The van der Waals surface area contributed by atoms with E-state index >= 15 is 0 Å². The normalized spacial score (nSPS) is 11.5. The van der Waals surface area contributed by atoms with E-state index in [1.54, 1.807) is 18.3 Å². The molecule has 1 heterocycles. The number of benzene rings is 2. The molecule has 24 heavy (non-hydrogen) atoms. The van der Waals surface area contributed by atoms with Crippen molar-refractivity contribution in [3.8, 4) is 0 Å². The minimum atomic E-state index is -0.382. The first-order chi connectivity index (χ1) is 11.5. The number of nitro groups is 1. The van der Waals surface area contributed by atoms with E-state index in [9.17, 15) is 10.1 Å². The fourth-order valence-corrected chi connectivity index (χ4v) is 2.69. The van der Waals surface area contributed by atoms with Crippen LogP contribution in [0.5, 0.6) is 0 Å². The smallest absolute Gasteiger partial charge is 0.270 e. The molecule has 0 bridgehead atoms. The summed E-state index contributed by atoms with van der Waals surface area (Å²) in [6.07, 6.45) is 1.68. The Labute approximate surface area is 140 Å². The van der Waals surface area contributed by atoms with Gasteiger partial charge in [-0.15, -0.1) is 0 Å². The number of non-ortho nitro benzene ring substituents is 1. The Hall–Kier alpha value is -2.73. The van der Waals surface area contributed by atoms with Crippen LogP contribution in [0.2, 0.25) is 0 Å².